The van der Waals surface area contributed by atoms with Crippen molar-refractivity contribution in [2.45, 2.75) is 9.79 Å². The molecule has 0 aliphatic heterocycles. The number of hydrogen-bond donors (Lipinski definition) is 0. The maximum atomic E-state index is 12.7. The maximum Gasteiger partial charge on any atom is 0.209 e. The summed E-state index contributed by atoms with van der Waals surface area (Å²) in [6.45, 7) is 0. The van der Waals surface area contributed by atoms with Gasteiger partial charge in [0.05, 0.1) is 4.90 Å². The van der Waals surface area contributed by atoms with Crippen molar-refractivity contribution in [3.05, 3.63) is 54.3 Å². The van der Waals surface area contributed by atoms with E-state index in [2.05, 4.69) is 63.7 Å². The SMILES string of the molecule is O=S(=O)(c1ccccc1Br)c1c(Br)cc(Br)cc1Br. The number of rotatable bonds is 2. The fraction of sp³-hybridized carbons (Fsp3) is 0. The first-order valence-electron chi connectivity index (χ1n) is 4.98. The van der Waals surface area contributed by atoms with Gasteiger partial charge in [-0.3, -0.25) is 0 Å². The van der Waals surface area contributed by atoms with Crippen LogP contribution in [-0.2, 0) is 9.84 Å². The smallest absolute Gasteiger partial charge is 0.209 e. The van der Waals surface area contributed by atoms with E-state index in [4.69, 9.17) is 0 Å². The lowest BCUT2D eigenvalue weighted by molar-refractivity contribution is 0.594. The van der Waals surface area contributed by atoms with Crippen LogP contribution in [0.4, 0.5) is 0 Å². The second kappa shape index (κ2) is 5.97. The van der Waals surface area contributed by atoms with Crippen molar-refractivity contribution in [1.82, 2.24) is 0 Å². The molecule has 0 saturated carbocycles. The quantitative estimate of drug-likeness (QED) is 0.506. The Balaban J connectivity index is 2.75. The topological polar surface area (TPSA) is 34.1 Å². The van der Waals surface area contributed by atoms with Crippen LogP contribution in [0.25, 0.3) is 0 Å². The Morgan fingerprint density at radius 2 is 1.32 bits per heavy atom. The highest BCUT2D eigenvalue weighted by molar-refractivity contribution is 9.11. The van der Waals surface area contributed by atoms with E-state index >= 15 is 0 Å². The molecule has 0 spiro atoms. The van der Waals surface area contributed by atoms with Crippen LogP contribution >= 0.6 is 63.7 Å². The van der Waals surface area contributed by atoms with Crippen LogP contribution < -0.4 is 0 Å². The molecule has 0 aromatic heterocycles. The molecule has 2 aromatic carbocycles. The molecule has 0 unspecified atom stereocenters. The number of sulfone groups is 1. The van der Waals surface area contributed by atoms with Gasteiger partial charge in [-0.1, -0.05) is 28.1 Å². The largest absolute Gasteiger partial charge is 0.218 e. The highest BCUT2D eigenvalue weighted by Gasteiger charge is 2.25. The Labute approximate surface area is 145 Å². The monoisotopic (exact) mass is 530 g/mol. The van der Waals surface area contributed by atoms with Crippen LogP contribution in [0.15, 0.2) is 64.1 Å². The molecule has 0 saturated heterocycles. The average molecular weight is 534 g/mol. The molecule has 0 bridgehead atoms. The fourth-order valence-corrected chi connectivity index (χ4v) is 7.45. The zero-order valence-electron chi connectivity index (χ0n) is 9.20. The normalized spacial score (nSPS) is 11.6. The first kappa shape index (κ1) is 15.7. The molecule has 0 radical (unpaired) electrons. The van der Waals surface area contributed by atoms with Crippen molar-refractivity contribution in [2.24, 2.45) is 0 Å². The molecule has 2 nitrogen and oxygen atoms in total. The van der Waals surface area contributed by atoms with Gasteiger partial charge in [0.25, 0.3) is 0 Å². The van der Waals surface area contributed by atoms with Crippen molar-refractivity contribution < 1.29 is 8.42 Å². The Morgan fingerprint density at radius 3 is 1.84 bits per heavy atom. The summed E-state index contributed by atoms with van der Waals surface area (Å²) in [6, 6.07) is 10.1. The minimum atomic E-state index is -3.61. The third kappa shape index (κ3) is 3.15. The lowest BCUT2D eigenvalue weighted by atomic mass is 10.4. The third-order valence-electron chi connectivity index (χ3n) is 2.36. The Hall–Kier alpha value is 0.310. The Kier molecular flexibility index (Phi) is 4.93. The Bertz CT molecular complexity index is 718. The lowest BCUT2D eigenvalue weighted by Crippen LogP contribution is -2.05. The molecule has 0 fully saturated rings. The molecule has 100 valence electrons. The lowest BCUT2D eigenvalue weighted by Gasteiger charge is -2.11. The fourth-order valence-electron chi connectivity index (χ4n) is 1.56. The van der Waals surface area contributed by atoms with Gasteiger partial charge in [0.2, 0.25) is 9.84 Å². The molecule has 0 N–H and O–H groups in total. The van der Waals surface area contributed by atoms with Gasteiger partial charge in [0.1, 0.15) is 4.90 Å². The first-order chi connectivity index (χ1) is 8.84. The predicted octanol–water partition coefficient (Wildman–Crippen LogP) is 5.57. The standard InChI is InChI=1S/C12H6Br4O2S/c13-7-5-9(15)12(10(16)6-7)19(17,18)11-4-2-1-3-8(11)14/h1-6H. The van der Waals surface area contributed by atoms with Gasteiger partial charge in [0, 0.05) is 17.9 Å². The van der Waals surface area contributed by atoms with E-state index in [0.29, 0.717) is 13.4 Å². The van der Waals surface area contributed by atoms with E-state index in [9.17, 15) is 8.42 Å². The number of halogens is 4. The molecule has 7 heteroatoms. The molecule has 0 atom stereocenters. The van der Waals surface area contributed by atoms with Gasteiger partial charge in [0.15, 0.2) is 0 Å². The van der Waals surface area contributed by atoms with E-state index < -0.39 is 9.84 Å². The molecular weight excluding hydrogens is 528 g/mol. The number of hydrogen-bond acceptors (Lipinski definition) is 2. The summed E-state index contributed by atoms with van der Waals surface area (Å²) >= 11 is 13.2. The van der Waals surface area contributed by atoms with E-state index in [1.54, 1.807) is 36.4 Å². The van der Waals surface area contributed by atoms with E-state index in [0.717, 1.165) is 4.47 Å². The van der Waals surface area contributed by atoms with Crippen molar-refractivity contribution in [3.8, 4) is 0 Å². The summed E-state index contributed by atoms with van der Waals surface area (Å²) in [4.78, 5) is 0.446. The summed E-state index contributed by atoms with van der Waals surface area (Å²) in [5.41, 5.74) is 0. The highest BCUT2D eigenvalue weighted by Crippen LogP contribution is 2.38. The molecule has 2 rings (SSSR count). The van der Waals surface area contributed by atoms with Crippen LogP contribution in [0.1, 0.15) is 0 Å². The van der Waals surface area contributed by atoms with E-state index in [1.165, 1.54) is 0 Å². The second-order valence-electron chi connectivity index (χ2n) is 3.63. The molecule has 0 aliphatic carbocycles. The van der Waals surface area contributed by atoms with Crippen LogP contribution in [0, 0.1) is 0 Å². The first-order valence-corrected chi connectivity index (χ1v) is 9.63. The van der Waals surface area contributed by atoms with Crippen LogP contribution in [0.5, 0.6) is 0 Å². The molecular formula is C12H6Br4O2S. The highest BCUT2D eigenvalue weighted by atomic mass is 79.9. The second-order valence-corrected chi connectivity index (χ2v) is 8.97. The van der Waals surface area contributed by atoms with Gasteiger partial charge >= 0.3 is 0 Å². The van der Waals surface area contributed by atoms with Gasteiger partial charge in [-0.15, -0.1) is 0 Å². The van der Waals surface area contributed by atoms with E-state index in [-0.39, 0.29) is 9.79 Å². The predicted molar refractivity (Wildman–Crippen MR) is 89.1 cm³/mol. The zero-order valence-corrected chi connectivity index (χ0v) is 16.4. The summed E-state index contributed by atoms with van der Waals surface area (Å²) in [5, 5.41) is 0. The molecule has 0 aliphatic rings. The molecule has 2 aromatic rings. The molecule has 0 amide bonds. The zero-order chi connectivity index (χ0) is 14.2. The van der Waals surface area contributed by atoms with Crippen LogP contribution in [-0.4, -0.2) is 8.42 Å². The van der Waals surface area contributed by atoms with Crippen LogP contribution in [0.2, 0.25) is 0 Å². The van der Waals surface area contributed by atoms with Crippen molar-refractivity contribution in [2.75, 3.05) is 0 Å². The van der Waals surface area contributed by atoms with Gasteiger partial charge < -0.3 is 0 Å². The van der Waals surface area contributed by atoms with Crippen LogP contribution in [0.3, 0.4) is 0 Å². The van der Waals surface area contributed by atoms with Gasteiger partial charge in [-0.25, -0.2) is 8.42 Å². The number of benzene rings is 2. The van der Waals surface area contributed by atoms with Crippen molar-refractivity contribution in [1.29, 1.82) is 0 Å². The Morgan fingerprint density at radius 1 is 0.789 bits per heavy atom. The maximum absolute atomic E-state index is 12.7. The van der Waals surface area contributed by atoms with Gasteiger partial charge in [-0.05, 0) is 72.1 Å². The summed E-state index contributed by atoms with van der Waals surface area (Å²) < 4.78 is 27.7. The average Bonchev–Trinajstić information content (AvgIpc) is 2.27. The van der Waals surface area contributed by atoms with E-state index in [1.807, 2.05) is 0 Å². The summed E-state index contributed by atoms with van der Waals surface area (Å²) in [6.07, 6.45) is 0. The minimum absolute atomic E-state index is 0.211. The molecule has 0 heterocycles. The summed E-state index contributed by atoms with van der Waals surface area (Å²) in [5.74, 6) is 0. The van der Waals surface area contributed by atoms with Crippen molar-refractivity contribution >= 4 is 73.6 Å². The van der Waals surface area contributed by atoms with Gasteiger partial charge in [-0.2, -0.15) is 0 Å². The minimum Gasteiger partial charge on any atom is -0.218 e. The van der Waals surface area contributed by atoms with Crippen molar-refractivity contribution in [3.63, 3.8) is 0 Å². The molecule has 19 heavy (non-hydrogen) atoms. The summed E-state index contributed by atoms with van der Waals surface area (Å²) in [7, 11) is -3.61. The third-order valence-corrected chi connectivity index (χ3v) is 7.46.